The normalized spacial score (nSPS) is 14.7. The lowest BCUT2D eigenvalue weighted by molar-refractivity contribution is -0.137. The van der Waals surface area contributed by atoms with E-state index in [2.05, 4.69) is 5.32 Å². The van der Waals surface area contributed by atoms with E-state index in [1.165, 1.54) is 23.5 Å². The fourth-order valence-electron chi connectivity index (χ4n) is 2.85. The molecule has 8 heteroatoms. The summed E-state index contributed by atoms with van der Waals surface area (Å²) in [6, 6.07) is 3.78. The molecular weight excluding hydrogens is 391 g/mol. The van der Waals surface area contributed by atoms with Gasteiger partial charge in [0.15, 0.2) is 0 Å². The summed E-state index contributed by atoms with van der Waals surface area (Å²) < 4.78 is 44.3. The van der Waals surface area contributed by atoms with Gasteiger partial charge in [-0.25, -0.2) is 4.79 Å². The van der Waals surface area contributed by atoms with Crippen LogP contribution in [0.2, 0.25) is 0 Å². The molecule has 2 aromatic rings. The van der Waals surface area contributed by atoms with E-state index >= 15 is 0 Å². The maximum Gasteiger partial charge on any atom is 0.416 e. The largest absolute Gasteiger partial charge is 0.444 e. The van der Waals surface area contributed by atoms with Gasteiger partial charge in [0.2, 0.25) is 0 Å². The summed E-state index contributed by atoms with van der Waals surface area (Å²) in [5.74, 6) is 0. The third-order valence-corrected chi connectivity index (χ3v) is 5.30. The van der Waals surface area contributed by atoms with Crippen molar-refractivity contribution in [1.29, 1.82) is 0 Å². The predicted octanol–water partition coefficient (Wildman–Crippen LogP) is 5.52. The van der Waals surface area contributed by atoms with Crippen LogP contribution in [-0.4, -0.2) is 28.9 Å². The van der Waals surface area contributed by atoms with Gasteiger partial charge >= 0.3 is 12.3 Å². The van der Waals surface area contributed by atoms with Crippen LogP contribution in [0.5, 0.6) is 0 Å². The highest BCUT2D eigenvalue weighted by Crippen LogP contribution is 2.35. The van der Waals surface area contributed by atoms with Gasteiger partial charge in [0.05, 0.1) is 17.7 Å². The standard InChI is InChI=1S/C20H26F3NO3S/c1-18(2,3)27-17(26)24-19(4,12-25)9-5-6-13-11-28-16-10-14(20(21,22)23)7-8-15(13)16/h7-8,10-11,25H,5-6,9,12H2,1-4H3,(H,24,26)/t19-/m1/s1. The predicted molar refractivity (Wildman–Crippen MR) is 105 cm³/mol. The Kier molecular flexibility index (Phi) is 6.66. The Hall–Kier alpha value is -1.80. The number of benzene rings is 1. The Morgan fingerprint density at radius 2 is 1.89 bits per heavy atom. The van der Waals surface area contributed by atoms with Crippen LogP contribution in [0, 0.1) is 0 Å². The molecule has 1 heterocycles. The molecule has 0 spiro atoms. The van der Waals surface area contributed by atoms with Crippen molar-refractivity contribution in [2.45, 2.75) is 64.3 Å². The number of rotatable bonds is 6. The maximum absolute atomic E-state index is 12.8. The SMILES string of the molecule is CC(C)(C)OC(=O)N[C@@](C)(CO)CCCc1csc2cc(C(F)(F)F)ccc12. The summed E-state index contributed by atoms with van der Waals surface area (Å²) in [5, 5.41) is 15.1. The number of aliphatic hydroxyl groups is 1. The summed E-state index contributed by atoms with van der Waals surface area (Å²) in [5.41, 5.74) is -1.16. The number of aryl methyl sites for hydroxylation is 1. The van der Waals surface area contributed by atoms with E-state index in [-0.39, 0.29) is 6.61 Å². The second kappa shape index (κ2) is 8.29. The Balaban J connectivity index is 2.00. The van der Waals surface area contributed by atoms with E-state index < -0.39 is 29.0 Å². The third-order valence-electron chi connectivity index (χ3n) is 4.31. The number of alkyl halides is 3. The van der Waals surface area contributed by atoms with Crippen LogP contribution in [0.1, 0.15) is 51.7 Å². The van der Waals surface area contributed by atoms with Crippen LogP contribution in [0.4, 0.5) is 18.0 Å². The fourth-order valence-corrected chi connectivity index (χ4v) is 3.89. The van der Waals surface area contributed by atoms with Crippen molar-refractivity contribution in [1.82, 2.24) is 5.32 Å². The molecule has 0 aliphatic rings. The van der Waals surface area contributed by atoms with Gasteiger partial charge in [0.1, 0.15) is 5.60 Å². The van der Waals surface area contributed by atoms with E-state index in [4.69, 9.17) is 4.74 Å². The van der Waals surface area contributed by atoms with Crippen LogP contribution >= 0.6 is 11.3 Å². The van der Waals surface area contributed by atoms with Crippen molar-refractivity contribution in [3.8, 4) is 0 Å². The first kappa shape index (κ1) is 22.5. The molecule has 0 unspecified atom stereocenters. The lowest BCUT2D eigenvalue weighted by Gasteiger charge is -2.30. The van der Waals surface area contributed by atoms with E-state index in [9.17, 15) is 23.1 Å². The summed E-state index contributed by atoms with van der Waals surface area (Å²) in [7, 11) is 0. The molecule has 1 aromatic carbocycles. The number of halogens is 3. The van der Waals surface area contributed by atoms with Gasteiger partial charge in [0.25, 0.3) is 0 Å². The number of aliphatic hydroxyl groups excluding tert-OH is 1. The van der Waals surface area contributed by atoms with Crippen LogP contribution in [0.3, 0.4) is 0 Å². The lowest BCUT2D eigenvalue weighted by Crippen LogP contribution is -2.50. The van der Waals surface area contributed by atoms with Crippen LogP contribution < -0.4 is 5.32 Å². The first-order chi connectivity index (χ1) is 12.8. The molecule has 0 aliphatic carbocycles. The number of carbonyl (C=O) groups is 1. The maximum atomic E-state index is 12.8. The molecule has 0 fully saturated rings. The van der Waals surface area contributed by atoms with E-state index in [1.807, 2.05) is 5.38 Å². The summed E-state index contributed by atoms with van der Waals surface area (Å²) in [6.07, 6.45) is -3.16. The van der Waals surface area contributed by atoms with Crippen LogP contribution in [0.15, 0.2) is 23.6 Å². The minimum atomic E-state index is -4.35. The number of hydrogen-bond acceptors (Lipinski definition) is 4. The smallest absolute Gasteiger partial charge is 0.416 e. The Labute approximate surface area is 166 Å². The van der Waals surface area contributed by atoms with Gasteiger partial charge < -0.3 is 15.2 Å². The fraction of sp³-hybridized carbons (Fsp3) is 0.550. The van der Waals surface area contributed by atoms with E-state index in [1.54, 1.807) is 27.7 Å². The molecule has 28 heavy (non-hydrogen) atoms. The van der Waals surface area contributed by atoms with Crippen LogP contribution in [0.25, 0.3) is 10.1 Å². The van der Waals surface area contributed by atoms with Gasteiger partial charge in [-0.15, -0.1) is 11.3 Å². The van der Waals surface area contributed by atoms with Gasteiger partial charge in [-0.2, -0.15) is 13.2 Å². The van der Waals surface area contributed by atoms with E-state index in [0.717, 1.165) is 17.0 Å². The molecule has 2 N–H and O–H groups in total. The molecule has 1 amide bonds. The minimum absolute atomic E-state index is 0.244. The Morgan fingerprint density at radius 1 is 1.21 bits per heavy atom. The van der Waals surface area contributed by atoms with Crippen molar-refractivity contribution in [3.05, 3.63) is 34.7 Å². The van der Waals surface area contributed by atoms with Crippen molar-refractivity contribution >= 4 is 27.5 Å². The minimum Gasteiger partial charge on any atom is -0.444 e. The van der Waals surface area contributed by atoms with Crippen molar-refractivity contribution in [2.24, 2.45) is 0 Å². The molecule has 0 radical (unpaired) electrons. The number of amides is 1. The quantitative estimate of drug-likeness (QED) is 0.651. The topological polar surface area (TPSA) is 58.6 Å². The highest BCUT2D eigenvalue weighted by Gasteiger charge is 2.31. The van der Waals surface area contributed by atoms with Gasteiger partial charge in [-0.1, -0.05) is 6.07 Å². The van der Waals surface area contributed by atoms with Crippen molar-refractivity contribution < 1.29 is 27.8 Å². The molecule has 2 rings (SSSR count). The molecular formula is C20H26F3NO3S. The number of nitrogens with one attached hydrogen (secondary N) is 1. The zero-order valence-electron chi connectivity index (χ0n) is 16.4. The van der Waals surface area contributed by atoms with Crippen molar-refractivity contribution in [2.75, 3.05) is 6.61 Å². The lowest BCUT2D eigenvalue weighted by atomic mass is 9.94. The molecule has 0 aliphatic heterocycles. The summed E-state index contributed by atoms with van der Waals surface area (Å²) in [4.78, 5) is 12.0. The molecule has 4 nitrogen and oxygen atoms in total. The number of ether oxygens (including phenoxy) is 1. The molecule has 0 saturated heterocycles. The highest BCUT2D eigenvalue weighted by atomic mass is 32.1. The molecule has 1 aromatic heterocycles. The number of fused-ring (bicyclic) bond motifs is 1. The monoisotopic (exact) mass is 417 g/mol. The first-order valence-corrected chi connectivity index (χ1v) is 9.90. The highest BCUT2D eigenvalue weighted by molar-refractivity contribution is 7.17. The average Bonchev–Trinajstić information content (AvgIpc) is 2.94. The first-order valence-electron chi connectivity index (χ1n) is 9.02. The van der Waals surface area contributed by atoms with Crippen molar-refractivity contribution in [3.63, 3.8) is 0 Å². The number of carbonyl (C=O) groups excluding carboxylic acids is 1. The van der Waals surface area contributed by atoms with Gasteiger partial charge in [-0.3, -0.25) is 0 Å². The molecule has 0 saturated carbocycles. The Bertz CT molecular complexity index is 826. The van der Waals surface area contributed by atoms with E-state index in [0.29, 0.717) is 24.0 Å². The molecule has 1 atom stereocenters. The summed E-state index contributed by atoms with van der Waals surface area (Å²) in [6.45, 7) is 6.77. The Morgan fingerprint density at radius 3 is 2.46 bits per heavy atom. The molecule has 0 bridgehead atoms. The summed E-state index contributed by atoms with van der Waals surface area (Å²) >= 11 is 1.29. The zero-order valence-corrected chi connectivity index (χ0v) is 17.3. The third kappa shape index (κ3) is 6.10. The number of hydrogen-bond donors (Lipinski definition) is 2. The number of thiophene rings is 1. The molecule has 156 valence electrons. The second-order valence-electron chi connectivity index (χ2n) is 8.17. The van der Waals surface area contributed by atoms with Gasteiger partial charge in [-0.05, 0) is 75.4 Å². The number of alkyl carbamates (subject to hydrolysis) is 1. The zero-order chi connectivity index (χ0) is 21.2. The second-order valence-corrected chi connectivity index (χ2v) is 9.08. The average molecular weight is 417 g/mol. The van der Waals surface area contributed by atoms with Crippen LogP contribution in [-0.2, 0) is 17.3 Å². The van der Waals surface area contributed by atoms with Gasteiger partial charge in [0, 0.05) is 4.70 Å².